The summed E-state index contributed by atoms with van der Waals surface area (Å²) in [5.74, 6) is -2.81. The first kappa shape index (κ1) is 19.4. The van der Waals surface area contributed by atoms with Crippen molar-refractivity contribution >= 4 is 17.8 Å². The Labute approximate surface area is 160 Å². The Bertz CT molecular complexity index is 945. The van der Waals surface area contributed by atoms with E-state index in [0.717, 1.165) is 19.6 Å². The van der Waals surface area contributed by atoms with Gasteiger partial charge >= 0.3 is 11.9 Å². The maximum atomic E-state index is 12.0. The Morgan fingerprint density at radius 3 is 2.25 bits per heavy atom. The van der Waals surface area contributed by atoms with Crippen molar-refractivity contribution in [3.8, 4) is 16.9 Å². The molecule has 28 heavy (non-hydrogen) atoms. The van der Waals surface area contributed by atoms with Crippen molar-refractivity contribution in [2.45, 2.75) is 12.8 Å². The first-order valence-electron chi connectivity index (χ1n) is 8.86. The van der Waals surface area contributed by atoms with Gasteiger partial charge in [0.25, 0.3) is 5.56 Å². The molecular weight excluding hydrogens is 366 g/mol. The van der Waals surface area contributed by atoms with Gasteiger partial charge in [0.05, 0.1) is 0 Å². The zero-order chi connectivity index (χ0) is 20.3. The summed E-state index contributed by atoms with van der Waals surface area (Å²) in [7, 11) is 0. The predicted molar refractivity (Wildman–Crippen MR) is 102 cm³/mol. The van der Waals surface area contributed by atoms with Crippen LogP contribution >= 0.6 is 0 Å². The third-order valence-corrected chi connectivity index (χ3v) is 4.69. The molecular formula is C19H21N3O6. The molecule has 0 spiro atoms. The maximum absolute atomic E-state index is 12.0. The van der Waals surface area contributed by atoms with Crippen molar-refractivity contribution in [2.75, 3.05) is 32.0 Å². The van der Waals surface area contributed by atoms with Gasteiger partial charge in [-0.1, -0.05) is 12.1 Å². The molecule has 5 N–H and O–H groups in total. The lowest BCUT2D eigenvalue weighted by molar-refractivity contribution is 0.0695. The van der Waals surface area contributed by atoms with Gasteiger partial charge in [0, 0.05) is 12.1 Å². The highest BCUT2D eigenvalue weighted by Crippen LogP contribution is 2.30. The zero-order valence-electron chi connectivity index (χ0n) is 15.1. The van der Waals surface area contributed by atoms with E-state index in [1.54, 1.807) is 12.1 Å². The van der Waals surface area contributed by atoms with E-state index in [1.165, 1.54) is 25.0 Å². The van der Waals surface area contributed by atoms with Crippen molar-refractivity contribution in [3.63, 3.8) is 0 Å². The molecule has 9 heteroatoms. The minimum Gasteiger partial charge on any atom is -0.492 e. The second-order valence-corrected chi connectivity index (χ2v) is 6.52. The zero-order valence-corrected chi connectivity index (χ0v) is 15.1. The molecule has 3 rings (SSSR count). The number of pyridine rings is 1. The van der Waals surface area contributed by atoms with Gasteiger partial charge in [-0.15, -0.1) is 0 Å². The number of nitrogens with one attached hydrogen (secondary N) is 1. The number of nitrogen functional groups attached to an aromatic ring is 1. The number of nitrogens with zero attached hydrogens (tertiary/aromatic N) is 1. The number of H-pyrrole nitrogens is 1. The molecule has 2 heterocycles. The van der Waals surface area contributed by atoms with Crippen LogP contribution in [-0.4, -0.2) is 58.3 Å². The number of carbonyl (C=O) groups is 2. The molecule has 148 valence electrons. The largest absolute Gasteiger partial charge is 0.492 e. The quantitative estimate of drug-likeness (QED) is 0.559. The first-order valence-corrected chi connectivity index (χ1v) is 8.86. The minimum atomic E-state index is -1.54. The molecule has 0 bridgehead atoms. The molecule has 1 aliphatic rings. The molecule has 0 radical (unpaired) electrons. The fourth-order valence-corrected chi connectivity index (χ4v) is 3.35. The average Bonchev–Trinajstić information content (AvgIpc) is 3.14. The van der Waals surface area contributed by atoms with Crippen LogP contribution in [0.3, 0.4) is 0 Å². The van der Waals surface area contributed by atoms with E-state index in [1.807, 2.05) is 0 Å². The number of aromatic carboxylic acids is 2. The fraction of sp³-hybridized carbons (Fsp3) is 0.316. The summed E-state index contributed by atoms with van der Waals surface area (Å²) >= 11 is 0. The Morgan fingerprint density at radius 1 is 1.07 bits per heavy atom. The Balaban J connectivity index is 1.89. The van der Waals surface area contributed by atoms with Gasteiger partial charge in [0.1, 0.15) is 29.3 Å². The predicted octanol–water partition coefficient (Wildman–Crippen LogP) is 1.50. The van der Waals surface area contributed by atoms with E-state index in [9.17, 15) is 24.6 Å². The Kier molecular flexibility index (Phi) is 5.65. The molecule has 1 aromatic carbocycles. The van der Waals surface area contributed by atoms with Gasteiger partial charge in [-0.2, -0.15) is 0 Å². The van der Waals surface area contributed by atoms with Crippen LogP contribution in [0.4, 0.5) is 5.82 Å². The van der Waals surface area contributed by atoms with Gasteiger partial charge < -0.3 is 25.7 Å². The Morgan fingerprint density at radius 2 is 1.68 bits per heavy atom. The molecule has 1 fully saturated rings. The molecule has 0 saturated carbocycles. The highest BCUT2D eigenvalue weighted by molar-refractivity contribution is 6.07. The summed E-state index contributed by atoms with van der Waals surface area (Å²) in [5.41, 5.74) is 3.55. The van der Waals surface area contributed by atoms with E-state index in [-0.39, 0.29) is 11.1 Å². The maximum Gasteiger partial charge on any atom is 0.342 e. The molecule has 0 amide bonds. The molecule has 0 unspecified atom stereocenters. The van der Waals surface area contributed by atoms with Crippen molar-refractivity contribution in [3.05, 3.63) is 45.7 Å². The van der Waals surface area contributed by atoms with Crippen LogP contribution in [-0.2, 0) is 0 Å². The van der Waals surface area contributed by atoms with Crippen molar-refractivity contribution < 1.29 is 24.5 Å². The van der Waals surface area contributed by atoms with Gasteiger partial charge in [-0.3, -0.25) is 9.69 Å². The van der Waals surface area contributed by atoms with Gasteiger partial charge in [0.2, 0.25) is 0 Å². The second kappa shape index (κ2) is 8.13. The monoisotopic (exact) mass is 387 g/mol. The number of ether oxygens (including phenoxy) is 1. The van der Waals surface area contributed by atoms with Crippen LogP contribution in [0.15, 0.2) is 29.1 Å². The lowest BCUT2D eigenvalue weighted by Crippen LogP contribution is -2.25. The number of hydrogen-bond donors (Lipinski definition) is 4. The lowest BCUT2D eigenvalue weighted by Gasteiger charge is -2.15. The summed E-state index contributed by atoms with van der Waals surface area (Å²) in [4.78, 5) is 39.6. The topological polar surface area (TPSA) is 146 Å². The average molecular weight is 387 g/mol. The lowest BCUT2D eigenvalue weighted by atomic mass is 9.95. The van der Waals surface area contributed by atoms with Crippen LogP contribution in [0.2, 0.25) is 0 Å². The number of nitrogens with two attached hydrogens (primary N) is 1. The molecule has 1 aliphatic heterocycles. The fourth-order valence-electron chi connectivity index (χ4n) is 3.35. The standard InChI is InChI=1S/C19H21N3O6/c20-16-14(18(24)25)13(15(19(26)27)17(23)21-16)11-3-5-12(6-4-11)28-10-9-22-7-1-2-8-22/h3-6H,1-2,7-10H2,(H,24,25)(H,26,27)(H3,20,21,23). The second-order valence-electron chi connectivity index (χ2n) is 6.52. The molecule has 1 aromatic heterocycles. The molecule has 1 saturated heterocycles. The highest BCUT2D eigenvalue weighted by Gasteiger charge is 2.26. The van der Waals surface area contributed by atoms with Crippen molar-refractivity contribution in [1.82, 2.24) is 9.88 Å². The summed E-state index contributed by atoms with van der Waals surface area (Å²) in [6.07, 6.45) is 2.40. The SMILES string of the molecule is Nc1[nH]c(=O)c(C(=O)O)c(-c2ccc(OCCN3CCCC3)cc2)c1C(=O)O. The molecule has 9 nitrogen and oxygen atoms in total. The van der Waals surface area contributed by atoms with E-state index in [4.69, 9.17) is 10.5 Å². The first-order chi connectivity index (χ1) is 13.4. The van der Waals surface area contributed by atoms with Crippen LogP contribution in [0.1, 0.15) is 33.6 Å². The van der Waals surface area contributed by atoms with Crippen LogP contribution in [0.25, 0.3) is 11.1 Å². The number of carboxylic acids is 2. The normalized spacial score (nSPS) is 14.1. The van der Waals surface area contributed by atoms with Crippen LogP contribution in [0.5, 0.6) is 5.75 Å². The summed E-state index contributed by atoms with van der Waals surface area (Å²) in [6.45, 7) is 3.47. The van der Waals surface area contributed by atoms with E-state index < -0.39 is 34.4 Å². The number of rotatable bonds is 7. The van der Waals surface area contributed by atoms with Gasteiger partial charge in [-0.05, 0) is 43.6 Å². The van der Waals surface area contributed by atoms with Crippen LogP contribution < -0.4 is 16.0 Å². The summed E-state index contributed by atoms with van der Waals surface area (Å²) < 4.78 is 5.69. The van der Waals surface area contributed by atoms with Gasteiger partial charge in [-0.25, -0.2) is 9.59 Å². The highest BCUT2D eigenvalue weighted by atomic mass is 16.5. The number of benzene rings is 1. The third-order valence-electron chi connectivity index (χ3n) is 4.69. The van der Waals surface area contributed by atoms with E-state index >= 15 is 0 Å². The number of anilines is 1. The number of carboxylic acid groups (broad SMARTS) is 2. The minimum absolute atomic E-state index is 0.232. The molecule has 0 aliphatic carbocycles. The van der Waals surface area contributed by atoms with Gasteiger partial charge in [0.15, 0.2) is 0 Å². The van der Waals surface area contributed by atoms with Crippen LogP contribution in [0, 0.1) is 0 Å². The van der Waals surface area contributed by atoms with E-state index in [2.05, 4.69) is 9.88 Å². The third kappa shape index (κ3) is 3.99. The molecule has 2 aromatic rings. The Hall–Kier alpha value is -3.33. The van der Waals surface area contributed by atoms with Crippen molar-refractivity contribution in [2.24, 2.45) is 0 Å². The smallest absolute Gasteiger partial charge is 0.342 e. The summed E-state index contributed by atoms with van der Waals surface area (Å²) in [5, 5.41) is 18.9. The molecule has 0 atom stereocenters. The summed E-state index contributed by atoms with van der Waals surface area (Å²) in [6, 6.07) is 6.23. The van der Waals surface area contributed by atoms with E-state index in [0.29, 0.717) is 12.4 Å². The number of hydrogen-bond acceptors (Lipinski definition) is 6. The number of aromatic amines is 1. The number of likely N-dealkylation sites (tertiary alicyclic amines) is 1. The van der Waals surface area contributed by atoms with Crippen molar-refractivity contribution in [1.29, 1.82) is 0 Å². The number of aromatic nitrogens is 1.